The number of carboxylic acids is 1. The van der Waals surface area contributed by atoms with Gasteiger partial charge in [-0.2, -0.15) is 0 Å². The largest absolute Gasteiger partial charge is 0.480 e. The Labute approximate surface area is 152 Å². The molecule has 26 heavy (non-hydrogen) atoms. The van der Waals surface area contributed by atoms with Crippen molar-refractivity contribution in [3.05, 3.63) is 35.9 Å². The number of carboxylic acid groups (broad SMARTS) is 1. The van der Waals surface area contributed by atoms with E-state index in [4.69, 9.17) is 14.9 Å². The SMILES string of the molecule is CC[C@H](C)[C@@H](C(=O)N[C@@H](CO)C(=O)O)N(C)C(=O)OCc1ccccc1. The predicted molar refractivity (Wildman–Crippen MR) is 94.3 cm³/mol. The predicted octanol–water partition coefficient (Wildman–Crippen LogP) is 1.23. The molecule has 0 fully saturated rings. The molecule has 0 saturated carbocycles. The van der Waals surface area contributed by atoms with Crippen LogP contribution >= 0.6 is 0 Å². The molecule has 0 bridgehead atoms. The van der Waals surface area contributed by atoms with Crippen LogP contribution in [-0.2, 0) is 20.9 Å². The first-order chi connectivity index (χ1) is 12.3. The summed E-state index contributed by atoms with van der Waals surface area (Å²) in [6.07, 6.45) is -0.101. The third-order valence-corrected chi connectivity index (χ3v) is 4.16. The molecule has 3 atom stereocenters. The van der Waals surface area contributed by atoms with Crippen molar-refractivity contribution < 1.29 is 29.3 Å². The van der Waals surface area contributed by atoms with E-state index in [1.165, 1.54) is 7.05 Å². The topological polar surface area (TPSA) is 116 Å². The minimum atomic E-state index is -1.43. The van der Waals surface area contributed by atoms with E-state index in [9.17, 15) is 14.4 Å². The molecule has 0 aliphatic heterocycles. The van der Waals surface area contributed by atoms with Crippen molar-refractivity contribution in [2.75, 3.05) is 13.7 Å². The van der Waals surface area contributed by atoms with Crippen molar-refractivity contribution in [3.8, 4) is 0 Å². The minimum Gasteiger partial charge on any atom is -0.480 e. The van der Waals surface area contributed by atoms with Crippen LogP contribution in [0.15, 0.2) is 30.3 Å². The van der Waals surface area contributed by atoms with Crippen molar-refractivity contribution in [3.63, 3.8) is 0 Å². The number of aliphatic carboxylic acids is 1. The Bertz CT molecular complexity index is 607. The lowest BCUT2D eigenvalue weighted by Gasteiger charge is -2.31. The molecule has 8 nitrogen and oxygen atoms in total. The summed E-state index contributed by atoms with van der Waals surface area (Å²) in [4.78, 5) is 37.0. The average Bonchev–Trinajstić information content (AvgIpc) is 2.64. The van der Waals surface area contributed by atoms with Crippen molar-refractivity contribution >= 4 is 18.0 Å². The fourth-order valence-electron chi connectivity index (χ4n) is 2.42. The molecule has 0 aliphatic carbocycles. The van der Waals surface area contributed by atoms with Gasteiger partial charge in [0.1, 0.15) is 18.7 Å². The Morgan fingerprint density at radius 3 is 2.35 bits per heavy atom. The minimum absolute atomic E-state index is 0.0627. The van der Waals surface area contributed by atoms with E-state index in [1.807, 2.05) is 37.3 Å². The number of aliphatic hydroxyl groups excluding tert-OH is 1. The highest BCUT2D eigenvalue weighted by Gasteiger charge is 2.34. The fraction of sp³-hybridized carbons (Fsp3) is 0.500. The summed E-state index contributed by atoms with van der Waals surface area (Å²) in [6, 6.07) is 6.77. The molecule has 1 aromatic rings. The summed E-state index contributed by atoms with van der Waals surface area (Å²) in [5, 5.41) is 20.3. The molecule has 0 unspecified atom stereocenters. The highest BCUT2D eigenvalue weighted by atomic mass is 16.6. The molecule has 0 aliphatic rings. The molecule has 144 valence electrons. The van der Waals surface area contributed by atoms with Gasteiger partial charge in [0, 0.05) is 7.05 Å². The van der Waals surface area contributed by atoms with E-state index in [-0.39, 0.29) is 12.5 Å². The molecule has 0 saturated heterocycles. The van der Waals surface area contributed by atoms with Gasteiger partial charge in [0.15, 0.2) is 0 Å². The number of hydrogen-bond donors (Lipinski definition) is 3. The normalized spacial score (nSPS) is 14.0. The molecular formula is C18H26N2O6. The summed E-state index contributed by atoms with van der Waals surface area (Å²) in [7, 11) is 1.43. The van der Waals surface area contributed by atoms with E-state index < -0.39 is 36.7 Å². The summed E-state index contributed by atoms with van der Waals surface area (Å²) < 4.78 is 5.24. The second kappa shape index (κ2) is 10.4. The number of nitrogens with one attached hydrogen (secondary N) is 1. The van der Waals surface area contributed by atoms with Gasteiger partial charge in [-0.05, 0) is 11.5 Å². The quantitative estimate of drug-likeness (QED) is 0.605. The number of rotatable bonds is 9. The first-order valence-electron chi connectivity index (χ1n) is 8.39. The third kappa shape index (κ3) is 6.03. The summed E-state index contributed by atoms with van der Waals surface area (Å²) >= 11 is 0. The average molecular weight is 366 g/mol. The molecule has 0 aromatic heterocycles. The number of nitrogens with zero attached hydrogens (tertiary/aromatic N) is 1. The summed E-state index contributed by atoms with van der Waals surface area (Å²) in [6.45, 7) is 2.96. The van der Waals surface area contributed by atoms with E-state index in [0.717, 1.165) is 10.5 Å². The Morgan fingerprint density at radius 1 is 1.23 bits per heavy atom. The lowest BCUT2D eigenvalue weighted by Crippen LogP contribution is -2.55. The van der Waals surface area contributed by atoms with Crippen LogP contribution in [0.5, 0.6) is 0 Å². The molecular weight excluding hydrogens is 340 g/mol. The maximum absolute atomic E-state index is 12.5. The number of benzene rings is 1. The molecule has 1 aromatic carbocycles. The van der Waals surface area contributed by atoms with Crippen LogP contribution in [0.2, 0.25) is 0 Å². The molecule has 0 heterocycles. The van der Waals surface area contributed by atoms with Gasteiger partial charge in [-0.3, -0.25) is 9.69 Å². The van der Waals surface area contributed by atoms with E-state index in [2.05, 4.69) is 5.32 Å². The number of amides is 2. The number of hydrogen-bond acceptors (Lipinski definition) is 5. The third-order valence-electron chi connectivity index (χ3n) is 4.16. The highest BCUT2D eigenvalue weighted by Crippen LogP contribution is 2.16. The first kappa shape index (κ1) is 21.4. The van der Waals surface area contributed by atoms with Crippen LogP contribution in [0.1, 0.15) is 25.8 Å². The van der Waals surface area contributed by atoms with Gasteiger partial charge in [0.05, 0.1) is 6.61 Å². The van der Waals surface area contributed by atoms with E-state index >= 15 is 0 Å². The van der Waals surface area contributed by atoms with Crippen molar-refractivity contribution in [2.45, 2.75) is 39.0 Å². The Kier molecular flexibility index (Phi) is 8.57. The van der Waals surface area contributed by atoms with Crippen LogP contribution in [0.3, 0.4) is 0 Å². The van der Waals surface area contributed by atoms with Crippen molar-refractivity contribution in [1.29, 1.82) is 0 Å². The Balaban J connectivity index is 2.81. The smallest absolute Gasteiger partial charge is 0.410 e. The fourth-order valence-corrected chi connectivity index (χ4v) is 2.42. The van der Waals surface area contributed by atoms with Crippen LogP contribution in [0, 0.1) is 5.92 Å². The maximum atomic E-state index is 12.5. The van der Waals surface area contributed by atoms with Crippen LogP contribution < -0.4 is 5.32 Å². The standard InChI is InChI=1S/C18H26N2O6/c1-4-12(2)15(16(22)19-14(10-21)17(23)24)20(3)18(25)26-11-13-8-6-5-7-9-13/h5-9,12,14-15,21H,4,10-11H2,1-3H3,(H,19,22)(H,23,24)/t12-,14-,15-/m0/s1. The zero-order valence-electron chi connectivity index (χ0n) is 15.2. The number of likely N-dealkylation sites (N-methyl/N-ethyl adjacent to an activating group) is 1. The lowest BCUT2D eigenvalue weighted by atomic mass is 9.97. The van der Waals surface area contributed by atoms with Gasteiger partial charge in [-0.25, -0.2) is 9.59 Å². The molecule has 0 radical (unpaired) electrons. The van der Waals surface area contributed by atoms with Crippen LogP contribution in [0.4, 0.5) is 4.79 Å². The van der Waals surface area contributed by atoms with E-state index in [0.29, 0.717) is 6.42 Å². The number of carbonyl (C=O) groups is 3. The van der Waals surface area contributed by atoms with Gasteiger partial charge < -0.3 is 20.3 Å². The van der Waals surface area contributed by atoms with Crippen LogP contribution in [-0.4, -0.2) is 58.8 Å². The summed E-state index contributed by atoms with van der Waals surface area (Å²) in [5.41, 5.74) is 0.810. The van der Waals surface area contributed by atoms with Gasteiger partial charge in [-0.1, -0.05) is 50.6 Å². The van der Waals surface area contributed by atoms with Crippen molar-refractivity contribution in [2.24, 2.45) is 5.92 Å². The molecule has 0 spiro atoms. The van der Waals surface area contributed by atoms with Gasteiger partial charge in [0.25, 0.3) is 0 Å². The molecule has 3 N–H and O–H groups in total. The Morgan fingerprint density at radius 2 is 1.85 bits per heavy atom. The number of ether oxygens (including phenoxy) is 1. The first-order valence-corrected chi connectivity index (χ1v) is 8.39. The molecule has 2 amide bonds. The second-order valence-electron chi connectivity index (χ2n) is 6.06. The zero-order valence-corrected chi connectivity index (χ0v) is 15.2. The monoisotopic (exact) mass is 366 g/mol. The second-order valence-corrected chi connectivity index (χ2v) is 6.06. The highest BCUT2D eigenvalue weighted by molar-refractivity contribution is 5.89. The number of carbonyl (C=O) groups excluding carboxylic acids is 2. The van der Waals surface area contributed by atoms with Gasteiger partial charge in [-0.15, -0.1) is 0 Å². The van der Waals surface area contributed by atoms with Gasteiger partial charge >= 0.3 is 12.1 Å². The lowest BCUT2D eigenvalue weighted by molar-refractivity contribution is -0.144. The molecule has 8 heteroatoms. The maximum Gasteiger partial charge on any atom is 0.410 e. The van der Waals surface area contributed by atoms with Gasteiger partial charge in [0.2, 0.25) is 5.91 Å². The Hall–Kier alpha value is -2.61. The van der Waals surface area contributed by atoms with Crippen LogP contribution in [0.25, 0.3) is 0 Å². The van der Waals surface area contributed by atoms with Crippen molar-refractivity contribution in [1.82, 2.24) is 10.2 Å². The number of aliphatic hydroxyl groups is 1. The molecule has 1 rings (SSSR count). The van der Waals surface area contributed by atoms with E-state index in [1.54, 1.807) is 6.92 Å². The zero-order chi connectivity index (χ0) is 19.7. The summed E-state index contributed by atoms with van der Waals surface area (Å²) in [5.74, 6) is -2.24.